The summed E-state index contributed by atoms with van der Waals surface area (Å²) in [5.74, 6) is 0. The van der Waals surface area contributed by atoms with E-state index in [9.17, 15) is 0 Å². The average Bonchev–Trinajstić information content (AvgIpc) is 2.44. The van der Waals surface area contributed by atoms with E-state index in [-0.39, 0.29) is 0 Å². The highest BCUT2D eigenvalue weighted by atomic mass is 28.4. The lowest BCUT2D eigenvalue weighted by atomic mass is 10.1. The monoisotopic (exact) mass is 286 g/mol. The highest BCUT2D eigenvalue weighted by Crippen LogP contribution is 2.25. The Hall–Kier alpha value is 0.177. The molecule has 0 saturated carbocycles. The normalized spacial score (nSPS) is 13.7. The van der Waals surface area contributed by atoms with E-state index in [0.29, 0.717) is 6.10 Å². The second-order valence-corrected chi connectivity index (χ2v) is 10.8. The van der Waals surface area contributed by atoms with Crippen molar-refractivity contribution < 1.29 is 4.43 Å². The van der Waals surface area contributed by atoms with Gasteiger partial charge in [0.1, 0.15) is 0 Å². The first kappa shape index (κ1) is 19.2. The predicted molar refractivity (Wildman–Crippen MR) is 90.4 cm³/mol. The summed E-state index contributed by atoms with van der Waals surface area (Å²) in [4.78, 5) is 0. The van der Waals surface area contributed by atoms with Gasteiger partial charge in [0.05, 0.1) is 0 Å². The molecule has 0 aromatic heterocycles. The van der Waals surface area contributed by atoms with Crippen molar-refractivity contribution in [2.75, 3.05) is 0 Å². The quantitative estimate of drug-likeness (QED) is 0.276. The molecule has 0 rings (SSSR count). The Bertz CT molecular complexity index is 181. The molecule has 1 atom stereocenters. The van der Waals surface area contributed by atoms with Crippen molar-refractivity contribution in [3.8, 4) is 0 Å². The number of unbranched alkanes of at least 4 members (excludes halogenated alkanes) is 6. The second-order valence-electron chi connectivity index (χ2n) is 6.08. The molecule has 19 heavy (non-hydrogen) atoms. The number of rotatable bonds is 13. The van der Waals surface area contributed by atoms with E-state index in [1.54, 1.807) is 0 Å². The van der Waals surface area contributed by atoms with Crippen LogP contribution in [0.3, 0.4) is 0 Å². The lowest BCUT2D eigenvalue weighted by Gasteiger charge is -2.31. The minimum Gasteiger partial charge on any atom is -0.414 e. The van der Waals surface area contributed by atoms with Crippen molar-refractivity contribution in [2.45, 2.75) is 110 Å². The summed E-state index contributed by atoms with van der Waals surface area (Å²) in [6.07, 6.45) is 11.6. The molecule has 0 N–H and O–H groups in total. The largest absolute Gasteiger partial charge is 0.414 e. The van der Waals surface area contributed by atoms with Crippen molar-refractivity contribution in [1.29, 1.82) is 0 Å². The molecule has 1 unspecified atom stereocenters. The second kappa shape index (κ2) is 12.0. The Labute approximate surface area is 123 Å². The first-order valence-corrected chi connectivity index (χ1v) is 11.3. The van der Waals surface area contributed by atoms with Crippen LogP contribution in [-0.2, 0) is 4.43 Å². The van der Waals surface area contributed by atoms with Gasteiger partial charge in [0.15, 0.2) is 8.32 Å². The van der Waals surface area contributed by atoms with Crippen LogP contribution in [0.5, 0.6) is 0 Å². The topological polar surface area (TPSA) is 9.23 Å². The van der Waals surface area contributed by atoms with E-state index in [2.05, 4.69) is 34.6 Å². The molecule has 116 valence electrons. The van der Waals surface area contributed by atoms with Gasteiger partial charge in [0.25, 0.3) is 0 Å². The summed E-state index contributed by atoms with van der Waals surface area (Å²) >= 11 is 0. The Balaban J connectivity index is 3.65. The molecule has 0 aromatic rings. The van der Waals surface area contributed by atoms with Gasteiger partial charge in [-0.25, -0.2) is 0 Å². The molecule has 0 amide bonds. The van der Waals surface area contributed by atoms with Crippen LogP contribution in [-0.4, -0.2) is 14.4 Å². The van der Waals surface area contributed by atoms with Crippen LogP contribution in [0.4, 0.5) is 0 Å². The molecular weight excluding hydrogens is 248 g/mol. The summed E-state index contributed by atoms with van der Waals surface area (Å²) in [5.41, 5.74) is 0. The maximum absolute atomic E-state index is 6.47. The third-order valence-corrected chi connectivity index (χ3v) is 9.37. The summed E-state index contributed by atoms with van der Waals surface area (Å²) < 4.78 is 6.47. The first-order valence-electron chi connectivity index (χ1n) is 8.81. The molecule has 0 aliphatic rings. The summed E-state index contributed by atoms with van der Waals surface area (Å²) in [6.45, 7) is 11.5. The summed E-state index contributed by atoms with van der Waals surface area (Å²) in [7, 11) is -1.37. The molecular formula is C17H38OSi. The predicted octanol–water partition coefficient (Wildman–Crippen LogP) is 6.54. The summed E-state index contributed by atoms with van der Waals surface area (Å²) in [6, 6.07) is 3.84. The van der Waals surface area contributed by atoms with E-state index in [0.717, 1.165) is 0 Å². The van der Waals surface area contributed by atoms with E-state index < -0.39 is 8.32 Å². The van der Waals surface area contributed by atoms with Crippen LogP contribution in [0.2, 0.25) is 18.1 Å². The van der Waals surface area contributed by atoms with Crippen LogP contribution in [0.15, 0.2) is 0 Å². The Morgan fingerprint density at radius 3 is 1.68 bits per heavy atom. The zero-order chi connectivity index (χ0) is 14.6. The van der Waals surface area contributed by atoms with Crippen LogP contribution in [0, 0.1) is 0 Å². The molecule has 2 heteroatoms. The minimum atomic E-state index is -1.37. The van der Waals surface area contributed by atoms with Gasteiger partial charge in [-0.2, -0.15) is 0 Å². The Morgan fingerprint density at radius 2 is 1.21 bits per heavy atom. The lowest BCUT2D eigenvalue weighted by Crippen LogP contribution is -2.39. The summed E-state index contributed by atoms with van der Waals surface area (Å²) in [5, 5.41) is 0. The third-order valence-electron chi connectivity index (χ3n) is 4.60. The van der Waals surface area contributed by atoms with Crippen molar-refractivity contribution in [2.24, 2.45) is 0 Å². The first-order chi connectivity index (χ1) is 9.14. The molecule has 0 spiro atoms. The zero-order valence-electron chi connectivity index (χ0n) is 14.3. The van der Waals surface area contributed by atoms with E-state index in [1.165, 1.54) is 69.5 Å². The van der Waals surface area contributed by atoms with Crippen molar-refractivity contribution in [3.05, 3.63) is 0 Å². The van der Waals surface area contributed by atoms with Crippen LogP contribution >= 0.6 is 0 Å². The van der Waals surface area contributed by atoms with Crippen LogP contribution < -0.4 is 0 Å². The molecule has 0 aliphatic heterocycles. The van der Waals surface area contributed by atoms with Crippen molar-refractivity contribution >= 4 is 8.32 Å². The van der Waals surface area contributed by atoms with Crippen LogP contribution in [0.1, 0.15) is 86.0 Å². The maximum Gasteiger partial charge on any atom is 0.192 e. The molecule has 0 bridgehead atoms. The molecule has 0 fully saturated rings. The smallest absolute Gasteiger partial charge is 0.192 e. The lowest BCUT2D eigenvalue weighted by molar-refractivity contribution is 0.191. The molecule has 0 aliphatic carbocycles. The SMILES string of the molecule is CCCCCCCCCC(C)O[Si](CC)(CC)CC. The van der Waals surface area contributed by atoms with Crippen molar-refractivity contribution in [1.82, 2.24) is 0 Å². The fraction of sp³-hybridized carbons (Fsp3) is 1.00. The van der Waals surface area contributed by atoms with Gasteiger partial charge in [-0.05, 0) is 31.5 Å². The van der Waals surface area contributed by atoms with Gasteiger partial charge in [-0.15, -0.1) is 0 Å². The van der Waals surface area contributed by atoms with Gasteiger partial charge < -0.3 is 4.43 Å². The molecule has 0 radical (unpaired) electrons. The van der Waals surface area contributed by atoms with Gasteiger partial charge in [-0.1, -0.05) is 72.6 Å². The zero-order valence-corrected chi connectivity index (χ0v) is 15.3. The van der Waals surface area contributed by atoms with Gasteiger partial charge in [-0.3, -0.25) is 0 Å². The van der Waals surface area contributed by atoms with Gasteiger partial charge >= 0.3 is 0 Å². The highest BCUT2D eigenvalue weighted by Gasteiger charge is 2.30. The Kier molecular flexibility index (Phi) is 12.1. The fourth-order valence-electron chi connectivity index (χ4n) is 2.87. The van der Waals surface area contributed by atoms with E-state index >= 15 is 0 Å². The average molecular weight is 287 g/mol. The minimum absolute atomic E-state index is 0.488. The molecule has 0 aromatic carbocycles. The third kappa shape index (κ3) is 8.86. The van der Waals surface area contributed by atoms with E-state index in [4.69, 9.17) is 4.43 Å². The van der Waals surface area contributed by atoms with E-state index in [1.807, 2.05) is 0 Å². The van der Waals surface area contributed by atoms with Gasteiger partial charge in [0.2, 0.25) is 0 Å². The number of hydrogen-bond donors (Lipinski definition) is 0. The standard InChI is InChI=1S/C17H38OSi/c1-6-10-11-12-13-14-15-16-17(5)18-19(7-2,8-3)9-4/h17H,6-16H2,1-5H3. The van der Waals surface area contributed by atoms with Crippen molar-refractivity contribution in [3.63, 3.8) is 0 Å². The molecule has 1 nitrogen and oxygen atoms in total. The maximum atomic E-state index is 6.47. The van der Waals surface area contributed by atoms with Gasteiger partial charge in [0, 0.05) is 6.10 Å². The molecule has 0 heterocycles. The molecule has 0 saturated heterocycles. The Morgan fingerprint density at radius 1 is 0.737 bits per heavy atom. The number of hydrogen-bond acceptors (Lipinski definition) is 1. The van der Waals surface area contributed by atoms with Crippen LogP contribution in [0.25, 0.3) is 0 Å². The highest BCUT2D eigenvalue weighted by molar-refractivity contribution is 6.73. The fourth-order valence-corrected chi connectivity index (χ4v) is 5.85.